The molecule has 0 aliphatic heterocycles. The predicted molar refractivity (Wildman–Crippen MR) is 71.5 cm³/mol. The number of benzene rings is 1. The van der Waals surface area contributed by atoms with Crippen LogP contribution in [0, 0.1) is 0 Å². The molecule has 0 atom stereocenters. The van der Waals surface area contributed by atoms with Gasteiger partial charge in [-0.2, -0.15) is 13.2 Å². The highest BCUT2D eigenvalue weighted by Gasteiger charge is 2.31. The average molecular weight is 285 g/mol. The summed E-state index contributed by atoms with van der Waals surface area (Å²) in [7, 11) is 0. The summed E-state index contributed by atoms with van der Waals surface area (Å²) in [6.07, 6.45) is -2.78. The van der Waals surface area contributed by atoms with Gasteiger partial charge in [0.25, 0.3) is 0 Å². The Hall–Kier alpha value is -2.02. The minimum absolute atomic E-state index is 0.143. The van der Waals surface area contributed by atoms with Gasteiger partial charge >= 0.3 is 6.18 Å². The van der Waals surface area contributed by atoms with Crippen molar-refractivity contribution < 1.29 is 18.3 Å². The Morgan fingerprint density at radius 3 is 2.65 bits per heavy atom. The Bertz CT molecular complexity index is 601. The number of nitrogens with zero attached hydrogens (tertiary/aromatic N) is 2. The summed E-state index contributed by atoms with van der Waals surface area (Å²) in [6, 6.07) is 6.47. The summed E-state index contributed by atoms with van der Waals surface area (Å²) in [6.45, 7) is -1.69. The maximum atomic E-state index is 12.6. The SMILES string of the molecule is Nc1c(N(CCO)CC(F)(F)F)ccc2ncccc12. The zero-order valence-electron chi connectivity index (χ0n) is 10.6. The van der Waals surface area contributed by atoms with Crippen LogP contribution in [-0.2, 0) is 0 Å². The number of nitrogens with two attached hydrogens (primary N) is 1. The van der Waals surface area contributed by atoms with Gasteiger partial charge in [0.15, 0.2) is 0 Å². The van der Waals surface area contributed by atoms with E-state index in [1.807, 2.05) is 0 Å². The molecule has 1 heterocycles. The van der Waals surface area contributed by atoms with E-state index in [2.05, 4.69) is 4.98 Å². The largest absolute Gasteiger partial charge is 0.405 e. The van der Waals surface area contributed by atoms with Crippen molar-refractivity contribution in [2.45, 2.75) is 6.18 Å². The Morgan fingerprint density at radius 1 is 1.25 bits per heavy atom. The fourth-order valence-corrected chi connectivity index (χ4v) is 2.06. The van der Waals surface area contributed by atoms with E-state index in [0.717, 1.165) is 4.90 Å². The number of nitrogen functional groups attached to an aromatic ring is 1. The molecule has 0 saturated carbocycles. The van der Waals surface area contributed by atoms with Gasteiger partial charge in [-0.3, -0.25) is 4.98 Å². The lowest BCUT2D eigenvalue weighted by atomic mass is 10.1. The number of pyridine rings is 1. The van der Waals surface area contributed by atoms with Crippen LogP contribution in [0.25, 0.3) is 10.9 Å². The molecule has 0 saturated heterocycles. The number of rotatable bonds is 4. The van der Waals surface area contributed by atoms with Crippen LogP contribution in [0.3, 0.4) is 0 Å². The third kappa shape index (κ3) is 3.11. The number of aliphatic hydroxyl groups excluding tert-OH is 1. The number of hydrogen-bond donors (Lipinski definition) is 2. The van der Waals surface area contributed by atoms with Crippen LogP contribution in [0.1, 0.15) is 0 Å². The van der Waals surface area contributed by atoms with Gasteiger partial charge in [-0.1, -0.05) is 0 Å². The maximum Gasteiger partial charge on any atom is 0.405 e. The molecule has 0 aliphatic rings. The van der Waals surface area contributed by atoms with E-state index in [0.29, 0.717) is 10.9 Å². The Balaban J connectivity index is 2.45. The zero-order chi connectivity index (χ0) is 14.8. The number of fused-ring (bicyclic) bond motifs is 1. The summed E-state index contributed by atoms with van der Waals surface area (Å²) in [5, 5.41) is 9.53. The summed E-state index contributed by atoms with van der Waals surface area (Å²) in [4.78, 5) is 5.11. The minimum atomic E-state index is -4.37. The van der Waals surface area contributed by atoms with Crippen LogP contribution in [-0.4, -0.2) is 36.0 Å². The van der Waals surface area contributed by atoms with Crippen molar-refractivity contribution in [2.24, 2.45) is 0 Å². The van der Waals surface area contributed by atoms with Crippen molar-refractivity contribution in [1.82, 2.24) is 4.98 Å². The maximum absolute atomic E-state index is 12.6. The highest BCUT2D eigenvalue weighted by molar-refractivity contribution is 5.97. The molecule has 0 bridgehead atoms. The molecule has 20 heavy (non-hydrogen) atoms. The van der Waals surface area contributed by atoms with Crippen molar-refractivity contribution in [1.29, 1.82) is 0 Å². The molecule has 1 aromatic heterocycles. The first-order valence-corrected chi connectivity index (χ1v) is 5.98. The number of aromatic nitrogens is 1. The second-order valence-electron chi connectivity index (χ2n) is 4.33. The molecule has 0 aliphatic carbocycles. The van der Waals surface area contributed by atoms with Crippen molar-refractivity contribution in [3.05, 3.63) is 30.5 Å². The lowest BCUT2D eigenvalue weighted by Gasteiger charge is -2.26. The van der Waals surface area contributed by atoms with Crippen LogP contribution in [0.2, 0.25) is 0 Å². The molecule has 108 valence electrons. The highest BCUT2D eigenvalue weighted by Crippen LogP contribution is 2.32. The van der Waals surface area contributed by atoms with E-state index in [4.69, 9.17) is 10.8 Å². The molecule has 0 radical (unpaired) electrons. The van der Waals surface area contributed by atoms with Gasteiger partial charge in [-0.25, -0.2) is 0 Å². The van der Waals surface area contributed by atoms with Crippen LogP contribution in [0.15, 0.2) is 30.5 Å². The molecular formula is C13H14F3N3O. The van der Waals surface area contributed by atoms with Gasteiger partial charge in [0, 0.05) is 18.1 Å². The van der Waals surface area contributed by atoms with Crippen molar-refractivity contribution in [3.8, 4) is 0 Å². The van der Waals surface area contributed by atoms with Gasteiger partial charge in [-0.15, -0.1) is 0 Å². The molecule has 0 spiro atoms. The number of aliphatic hydroxyl groups is 1. The molecular weight excluding hydrogens is 271 g/mol. The van der Waals surface area contributed by atoms with E-state index in [1.165, 1.54) is 6.07 Å². The summed E-state index contributed by atoms with van der Waals surface area (Å²) >= 11 is 0. The second-order valence-corrected chi connectivity index (χ2v) is 4.33. The molecule has 3 N–H and O–H groups in total. The molecule has 0 unspecified atom stereocenters. The van der Waals surface area contributed by atoms with Gasteiger partial charge < -0.3 is 15.7 Å². The normalized spacial score (nSPS) is 11.8. The monoisotopic (exact) mass is 285 g/mol. The van der Waals surface area contributed by atoms with Crippen LogP contribution in [0.5, 0.6) is 0 Å². The number of anilines is 2. The number of halogens is 3. The molecule has 7 heteroatoms. The van der Waals surface area contributed by atoms with E-state index in [1.54, 1.807) is 24.4 Å². The van der Waals surface area contributed by atoms with Gasteiger partial charge in [0.1, 0.15) is 6.54 Å². The van der Waals surface area contributed by atoms with Crippen molar-refractivity contribution in [3.63, 3.8) is 0 Å². The first kappa shape index (κ1) is 14.4. The number of hydrogen-bond acceptors (Lipinski definition) is 4. The fourth-order valence-electron chi connectivity index (χ4n) is 2.06. The molecule has 0 amide bonds. The topological polar surface area (TPSA) is 62.4 Å². The highest BCUT2D eigenvalue weighted by atomic mass is 19.4. The Morgan fingerprint density at radius 2 is 2.00 bits per heavy atom. The fraction of sp³-hybridized carbons (Fsp3) is 0.308. The average Bonchev–Trinajstić information content (AvgIpc) is 2.37. The smallest absolute Gasteiger partial charge is 0.396 e. The quantitative estimate of drug-likeness (QED) is 0.845. The first-order chi connectivity index (χ1) is 9.42. The summed E-state index contributed by atoms with van der Waals surface area (Å²) in [5.41, 5.74) is 7.03. The van der Waals surface area contributed by atoms with Gasteiger partial charge in [0.05, 0.1) is 23.5 Å². The summed E-state index contributed by atoms with van der Waals surface area (Å²) < 4.78 is 37.8. The van der Waals surface area contributed by atoms with Crippen molar-refractivity contribution in [2.75, 3.05) is 30.3 Å². The van der Waals surface area contributed by atoms with Crippen LogP contribution in [0.4, 0.5) is 24.5 Å². The van der Waals surface area contributed by atoms with Crippen LogP contribution < -0.4 is 10.6 Å². The van der Waals surface area contributed by atoms with E-state index in [9.17, 15) is 13.2 Å². The van der Waals surface area contributed by atoms with Crippen molar-refractivity contribution >= 4 is 22.3 Å². The third-order valence-electron chi connectivity index (χ3n) is 2.88. The molecule has 0 fully saturated rings. The molecule has 2 aromatic rings. The Kier molecular flexibility index (Phi) is 3.99. The second kappa shape index (κ2) is 5.54. The minimum Gasteiger partial charge on any atom is -0.396 e. The number of alkyl halides is 3. The Labute approximate surface area is 113 Å². The van der Waals surface area contributed by atoms with E-state index < -0.39 is 12.7 Å². The third-order valence-corrected chi connectivity index (χ3v) is 2.88. The predicted octanol–water partition coefficient (Wildman–Crippen LogP) is 2.18. The van der Waals surface area contributed by atoms with E-state index >= 15 is 0 Å². The lowest BCUT2D eigenvalue weighted by molar-refractivity contribution is -0.119. The molecule has 1 aromatic carbocycles. The first-order valence-electron chi connectivity index (χ1n) is 5.98. The summed E-state index contributed by atoms with van der Waals surface area (Å²) in [5.74, 6) is 0. The van der Waals surface area contributed by atoms with Gasteiger partial charge in [0.2, 0.25) is 0 Å². The molecule has 4 nitrogen and oxygen atoms in total. The lowest BCUT2D eigenvalue weighted by Crippen LogP contribution is -2.36. The van der Waals surface area contributed by atoms with E-state index in [-0.39, 0.29) is 24.5 Å². The molecule has 2 rings (SSSR count). The zero-order valence-corrected chi connectivity index (χ0v) is 10.6. The standard InChI is InChI=1S/C13H14F3N3O/c14-13(15,16)8-19(6-7-20)11-4-3-10-9(12(11)17)2-1-5-18-10/h1-5,20H,6-8,17H2. The van der Waals surface area contributed by atoms with Crippen LogP contribution >= 0.6 is 0 Å². The van der Waals surface area contributed by atoms with Gasteiger partial charge in [-0.05, 0) is 24.3 Å².